The van der Waals surface area contributed by atoms with Crippen LogP contribution in [0.3, 0.4) is 0 Å². The highest BCUT2D eigenvalue weighted by atomic mass is 79.9. The van der Waals surface area contributed by atoms with E-state index in [1.54, 1.807) is 12.1 Å². The van der Waals surface area contributed by atoms with Crippen LogP contribution in [0.5, 0.6) is 5.75 Å². The van der Waals surface area contributed by atoms with Gasteiger partial charge >= 0.3 is 0 Å². The third-order valence-corrected chi connectivity index (χ3v) is 3.08. The molecule has 0 atom stereocenters. The van der Waals surface area contributed by atoms with Gasteiger partial charge in [0, 0.05) is 4.47 Å². The van der Waals surface area contributed by atoms with Crippen molar-refractivity contribution in [3.8, 4) is 5.75 Å². The Bertz CT molecular complexity index is 597. The van der Waals surface area contributed by atoms with Crippen molar-refractivity contribution in [2.24, 2.45) is 0 Å². The highest BCUT2D eigenvalue weighted by Crippen LogP contribution is 2.27. The summed E-state index contributed by atoms with van der Waals surface area (Å²) in [5.41, 5.74) is 0.280. The number of fused-ring (bicyclic) bond motifs is 1. The minimum absolute atomic E-state index is 0.154. The number of hydrogen-bond donors (Lipinski definition) is 1. The van der Waals surface area contributed by atoms with Gasteiger partial charge in [-0.25, -0.2) is 4.98 Å². The summed E-state index contributed by atoms with van der Waals surface area (Å²) in [5.74, 6) is 1.13. The second kappa shape index (κ2) is 4.43. The molecule has 0 aliphatic heterocycles. The van der Waals surface area contributed by atoms with Crippen molar-refractivity contribution in [1.29, 1.82) is 0 Å². The zero-order valence-electron chi connectivity index (χ0n) is 8.38. The molecule has 1 heterocycles. The van der Waals surface area contributed by atoms with E-state index < -0.39 is 0 Å². The monoisotopic (exact) mass is 302 g/mol. The first-order chi connectivity index (χ1) is 7.67. The number of benzene rings is 1. The molecule has 0 radical (unpaired) electrons. The van der Waals surface area contributed by atoms with Crippen molar-refractivity contribution in [2.75, 3.05) is 7.11 Å². The van der Waals surface area contributed by atoms with E-state index in [0.717, 1.165) is 0 Å². The Kier molecular flexibility index (Phi) is 3.16. The van der Waals surface area contributed by atoms with Gasteiger partial charge in [0.1, 0.15) is 17.1 Å². The summed E-state index contributed by atoms with van der Waals surface area (Å²) in [6, 6.07) is 3.50. The molecule has 0 bridgehead atoms. The van der Waals surface area contributed by atoms with E-state index in [1.165, 1.54) is 7.11 Å². The van der Waals surface area contributed by atoms with Crippen LogP contribution >= 0.6 is 27.5 Å². The van der Waals surface area contributed by atoms with E-state index >= 15 is 0 Å². The van der Waals surface area contributed by atoms with Crippen LogP contribution < -0.4 is 10.3 Å². The average Bonchev–Trinajstić information content (AvgIpc) is 2.28. The van der Waals surface area contributed by atoms with Crippen LogP contribution in [0.2, 0.25) is 0 Å². The number of aromatic nitrogens is 2. The molecule has 1 aromatic heterocycles. The summed E-state index contributed by atoms with van der Waals surface area (Å²) in [5, 5.41) is 0.466. The molecule has 0 amide bonds. The van der Waals surface area contributed by atoms with Crippen molar-refractivity contribution in [3.63, 3.8) is 0 Å². The summed E-state index contributed by atoms with van der Waals surface area (Å²) in [7, 11) is 1.53. The number of aromatic amines is 1. The average molecular weight is 304 g/mol. The molecule has 0 saturated heterocycles. The number of hydrogen-bond acceptors (Lipinski definition) is 3. The van der Waals surface area contributed by atoms with E-state index in [1.807, 2.05) is 0 Å². The molecule has 4 nitrogen and oxygen atoms in total. The van der Waals surface area contributed by atoms with E-state index in [0.29, 0.717) is 26.9 Å². The molecule has 0 fully saturated rings. The van der Waals surface area contributed by atoms with Gasteiger partial charge in [0.05, 0.1) is 18.4 Å². The molecule has 0 aliphatic carbocycles. The molecule has 84 valence electrons. The lowest BCUT2D eigenvalue weighted by atomic mass is 10.2. The van der Waals surface area contributed by atoms with Crippen LogP contribution in [0.25, 0.3) is 10.9 Å². The number of H-pyrrole nitrogens is 1. The number of halogens is 2. The number of nitrogens with zero attached hydrogens (tertiary/aromatic N) is 1. The SMILES string of the molecule is COc1ccc(Br)c2c(=O)[nH]c(CCl)nc12. The van der Waals surface area contributed by atoms with Gasteiger partial charge in [0.25, 0.3) is 5.56 Å². The Balaban J connectivity index is 2.93. The number of nitrogens with one attached hydrogen (secondary N) is 1. The van der Waals surface area contributed by atoms with Gasteiger partial charge in [0.15, 0.2) is 0 Å². The summed E-state index contributed by atoms with van der Waals surface area (Å²) in [6.07, 6.45) is 0. The highest BCUT2D eigenvalue weighted by Gasteiger charge is 2.11. The second-order valence-electron chi connectivity index (χ2n) is 3.12. The zero-order valence-corrected chi connectivity index (χ0v) is 10.7. The smallest absolute Gasteiger partial charge is 0.260 e. The largest absolute Gasteiger partial charge is 0.494 e. The predicted molar refractivity (Wildman–Crippen MR) is 66.2 cm³/mol. The van der Waals surface area contributed by atoms with Crippen LogP contribution in [-0.2, 0) is 5.88 Å². The molecule has 0 unspecified atom stereocenters. The molecule has 1 aromatic carbocycles. The van der Waals surface area contributed by atoms with Gasteiger partial charge in [-0.15, -0.1) is 11.6 Å². The van der Waals surface area contributed by atoms with Gasteiger partial charge in [-0.3, -0.25) is 4.79 Å². The third-order valence-electron chi connectivity index (χ3n) is 2.17. The molecular weight excluding hydrogens is 295 g/mol. The first kappa shape index (κ1) is 11.4. The minimum atomic E-state index is -0.230. The number of methoxy groups -OCH3 is 1. The molecule has 0 aliphatic rings. The van der Waals surface area contributed by atoms with Crippen molar-refractivity contribution < 1.29 is 4.74 Å². The quantitative estimate of drug-likeness (QED) is 0.867. The lowest BCUT2D eigenvalue weighted by molar-refractivity contribution is 0.418. The Labute approximate surface area is 105 Å². The van der Waals surface area contributed by atoms with Gasteiger partial charge in [0.2, 0.25) is 0 Å². The van der Waals surface area contributed by atoms with Gasteiger partial charge < -0.3 is 9.72 Å². The second-order valence-corrected chi connectivity index (χ2v) is 4.24. The van der Waals surface area contributed by atoms with Gasteiger partial charge in [-0.05, 0) is 28.1 Å². The first-order valence-corrected chi connectivity index (χ1v) is 5.81. The van der Waals surface area contributed by atoms with E-state index in [9.17, 15) is 4.79 Å². The zero-order chi connectivity index (χ0) is 11.7. The first-order valence-electron chi connectivity index (χ1n) is 4.48. The molecular formula is C10H8BrClN2O2. The topological polar surface area (TPSA) is 55.0 Å². The van der Waals surface area contributed by atoms with Crippen molar-refractivity contribution in [1.82, 2.24) is 9.97 Å². The summed E-state index contributed by atoms with van der Waals surface area (Å²) in [4.78, 5) is 18.7. The van der Waals surface area contributed by atoms with E-state index in [-0.39, 0.29) is 11.4 Å². The van der Waals surface area contributed by atoms with E-state index in [2.05, 4.69) is 25.9 Å². The highest BCUT2D eigenvalue weighted by molar-refractivity contribution is 9.10. The van der Waals surface area contributed by atoms with Gasteiger partial charge in [-0.1, -0.05) is 0 Å². The van der Waals surface area contributed by atoms with Crippen molar-refractivity contribution in [2.45, 2.75) is 5.88 Å². The number of alkyl halides is 1. The molecule has 16 heavy (non-hydrogen) atoms. The maximum Gasteiger partial charge on any atom is 0.260 e. The molecule has 1 N–H and O–H groups in total. The fourth-order valence-electron chi connectivity index (χ4n) is 1.46. The van der Waals surface area contributed by atoms with Crippen molar-refractivity contribution >= 4 is 38.4 Å². The van der Waals surface area contributed by atoms with Crippen LogP contribution in [0, 0.1) is 0 Å². The predicted octanol–water partition coefficient (Wildman–Crippen LogP) is 2.43. The van der Waals surface area contributed by atoms with Crippen LogP contribution in [-0.4, -0.2) is 17.1 Å². The Morgan fingerprint density at radius 2 is 2.31 bits per heavy atom. The van der Waals surface area contributed by atoms with Crippen molar-refractivity contribution in [3.05, 3.63) is 32.8 Å². The summed E-state index contributed by atoms with van der Waals surface area (Å²) in [6.45, 7) is 0. The molecule has 2 aromatic rings. The van der Waals surface area contributed by atoms with E-state index in [4.69, 9.17) is 16.3 Å². The molecule has 0 spiro atoms. The van der Waals surface area contributed by atoms with Crippen LogP contribution in [0.4, 0.5) is 0 Å². The lowest BCUT2D eigenvalue weighted by Crippen LogP contribution is -2.12. The Hall–Kier alpha value is -1.07. The Morgan fingerprint density at radius 1 is 1.56 bits per heavy atom. The Morgan fingerprint density at radius 3 is 2.94 bits per heavy atom. The molecule has 6 heteroatoms. The fourth-order valence-corrected chi connectivity index (χ4v) is 2.09. The number of rotatable bonds is 2. The normalized spacial score (nSPS) is 10.7. The van der Waals surface area contributed by atoms with Crippen LogP contribution in [0.15, 0.2) is 21.4 Å². The fraction of sp³-hybridized carbons (Fsp3) is 0.200. The maximum absolute atomic E-state index is 11.8. The molecule has 2 rings (SSSR count). The summed E-state index contributed by atoms with van der Waals surface area (Å²) < 4.78 is 5.84. The lowest BCUT2D eigenvalue weighted by Gasteiger charge is -2.06. The molecule has 0 saturated carbocycles. The minimum Gasteiger partial charge on any atom is -0.494 e. The summed E-state index contributed by atoms with van der Waals surface area (Å²) >= 11 is 8.96. The maximum atomic E-state index is 11.8. The standard InChI is InChI=1S/C10H8BrClN2O2/c1-16-6-3-2-5(11)8-9(6)13-7(4-12)14-10(8)15/h2-3H,4H2,1H3,(H,13,14,15). The van der Waals surface area contributed by atoms with Crippen LogP contribution in [0.1, 0.15) is 5.82 Å². The number of ether oxygens (including phenoxy) is 1. The van der Waals surface area contributed by atoms with Gasteiger partial charge in [-0.2, -0.15) is 0 Å². The third kappa shape index (κ3) is 1.81.